The van der Waals surface area contributed by atoms with Crippen LogP contribution >= 0.6 is 12.4 Å². The Morgan fingerprint density at radius 1 is 0.812 bits per heavy atom. The van der Waals surface area contributed by atoms with Crippen LogP contribution in [0.4, 0.5) is 0 Å². The molecular formula is C13H11ClN2. The molecule has 3 rings (SSSR count). The molecule has 0 amide bonds. The first-order valence-corrected chi connectivity index (χ1v) is 4.93. The number of fused-ring (bicyclic) bond motifs is 1. The van der Waals surface area contributed by atoms with E-state index >= 15 is 0 Å². The van der Waals surface area contributed by atoms with E-state index in [-0.39, 0.29) is 12.4 Å². The van der Waals surface area contributed by atoms with Crippen molar-refractivity contribution in [1.29, 1.82) is 0 Å². The summed E-state index contributed by atoms with van der Waals surface area (Å²) in [5, 5.41) is 0. The number of nitrogens with zero attached hydrogens (tertiary/aromatic N) is 2. The number of imidazole rings is 1. The molecule has 3 aromatic rings. The third-order valence-corrected chi connectivity index (χ3v) is 2.49. The highest BCUT2D eigenvalue weighted by Crippen LogP contribution is 2.16. The molecule has 3 heteroatoms. The third-order valence-electron chi connectivity index (χ3n) is 2.49. The second kappa shape index (κ2) is 4.37. The molecule has 0 N–H and O–H groups in total. The molecule has 0 bridgehead atoms. The van der Waals surface area contributed by atoms with Gasteiger partial charge in [0.2, 0.25) is 0 Å². The van der Waals surface area contributed by atoms with Crippen LogP contribution < -0.4 is 0 Å². The van der Waals surface area contributed by atoms with E-state index in [9.17, 15) is 0 Å². The summed E-state index contributed by atoms with van der Waals surface area (Å²) in [7, 11) is 0. The highest BCUT2D eigenvalue weighted by Gasteiger charge is 2.01. The molecule has 0 saturated heterocycles. The number of hydrogen-bond acceptors (Lipinski definition) is 1. The maximum Gasteiger partial charge on any atom is 0.100 e. The van der Waals surface area contributed by atoms with Gasteiger partial charge < -0.3 is 0 Å². The Morgan fingerprint density at radius 2 is 1.50 bits per heavy atom. The predicted molar refractivity (Wildman–Crippen MR) is 68.3 cm³/mol. The van der Waals surface area contributed by atoms with E-state index in [1.165, 1.54) is 0 Å². The smallest absolute Gasteiger partial charge is 0.100 e. The first-order valence-electron chi connectivity index (χ1n) is 4.93. The zero-order chi connectivity index (χ0) is 10.1. The zero-order valence-corrected chi connectivity index (χ0v) is 9.39. The van der Waals surface area contributed by atoms with Gasteiger partial charge >= 0.3 is 0 Å². The monoisotopic (exact) mass is 230 g/mol. The number of para-hydroxylation sites is 3. The number of halogens is 1. The summed E-state index contributed by atoms with van der Waals surface area (Å²) in [6.07, 6.45) is 1.86. The van der Waals surface area contributed by atoms with Crippen molar-refractivity contribution in [3.8, 4) is 5.69 Å². The molecule has 0 atom stereocenters. The van der Waals surface area contributed by atoms with Crippen molar-refractivity contribution in [2.45, 2.75) is 0 Å². The van der Waals surface area contributed by atoms with Gasteiger partial charge in [0.1, 0.15) is 6.33 Å². The van der Waals surface area contributed by atoms with Crippen LogP contribution in [0.3, 0.4) is 0 Å². The van der Waals surface area contributed by atoms with Crippen LogP contribution in [-0.2, 0) is 0 Å². The second-order valence-electron chi connectivity index (χ2n) is 3.44. The first-order chi connectivity index (χ1) is 7.45. The van der Waals surface area contributed by atoms with Crippen molar-refractivity contribution in [1.82, 2.24) is 9.55 Å². The van der Waals surface area contributed by atoms with Crippen molar-refractivity contribution in [3.63, 3.8) is 0 Å². The topological polar surface area (TPSA) is 17.8 Å². The van der Waals surface area contributed by atoms with Crippen molar-refractivity contribution in [2.24, 2.45) is 0 Å². The van der Waals surface area contributed by atoms with Gasteiger partial charge in [0.25, 0.3) is 0 Å². The molecule has 0 fully saturated rings. The minimum absolute atomic E-state index is 0. The largest absolute Gasteiger partial charge is 0.299 e. The summed E-state index contributed by atoms with van der Waals surface area (Å²) >= 11 is 0. The summed E-state index contributed by atoms with van der Waals surface area (Å²) < 4.78 is 2.09. The quantitative estimate of drug-likeness (QED) is 0.626. The summed E-state index contributed by atoms with van der Waals surface area (Å²) in [6.45, 7) is 0. The predicted octanol–water partition coefficient (Wildman–Crippen LogP) is 3.45. The summed E-state index contributed by atoms with van der Waals surface area (Å²) in [6, 6.07) is 18.4. The minimum atomic E-state index is 0. The average molecular weight is 231 g/mol. The molecular weight excluding hydrogens is 220 g/mol. The fourth-order valence-electron chi connectivity index (χ4n) is 1.75. The van der Waals surface area contributed by atoms with Crippen LogP contribution in [0.2, 0.25) is 0 Å². The van der Waals surface area contributed by atoms with Gasteiger partial charge in [-0.15, -0.1) is 12.4 Å². The van der Waals surface area contributed by atoms with Crippen molar-refractivity contribution < 1.29 is 0 Å². The molecule has 16 heavy (non-hydrogen) atoms. The lowest BCUT2D eigenvalue weighted by atomic mass is 10.3. The molecule has 0 spiro atoms. The lowest BCUT2D eigenvalue weighted by molar-refractivity contribution is 1.09. The molecule has 0 aliphatic carbocycles. The van der Waals surface area contributed by atoms with Crippen LogP contribution in [0.5, 0.6) is 0 Å². The molecule has 0 saturated carbocycles. The molecule has 0 aliphatic rings. The van der Waals surface area contributed by atoms with Gasteiger partial charge in [-0.05, 0) is 24.3 Å². The minimum Gasteiger partial charge on any atom is -0.299 e. The van der Waals surface area contributed by atoms with Crippen LogP contribution in [0.25, 0.3) is 16.7 Å². The van der Waals surface area contributed by atoms with E-state index < -0.39 is 0 Å². The highest BCUT2D eigenvalue weighted by atomic mass is 35.5. The molecule has 1 aromatic heterocycles. The van der Waals surface area contributed by atoms with Crippen molar-refractivity contribution in [3.05, 3.63) is 60.9 Å². The molecule has 0 aliphatic heterocycles. The molecule has 1 heterocycles. The van der Waals surface area contributed by atoms with Crippen LogP contribution in [0, 0.1) is 0 Å². The van der Waals surface area contributed by atoms with E-state index in [0.29, 0.717) is 0 Å². The van der Waals surface area contributed by atoms with Gasteiger partial charge in [0.05, 0.1) is 11.0 Å². The van der Waals surface area contributed by atoms with Gasteiger partial charge in [0, 0.05) is 5.69 Å². The maximum absolute atomic E-state index is 4.36. The number of benzene rings is 2. The van der Waals surface area contributed by atoms with Crippen molar-refractivity contribution >= 4 is 23.4 Å². The Hall–Kier alpha value is -1.80. The third kappa shape index (κ3) is 1.68. The Balaban J connectivity index is 0.000000963. The first kappa shape index (κ1) is 10.7. The van der Waals surface area contributed by atoms with Crippen LogP contribution in [0.15, 0.2) is 60.9 Å². The van der Waals surface area contributed by atoms with Gasteiger partial charge in [-0.25, -0.2) is 4.98 Å². The normalized spacial score (nSPS) is 10.0. The molecule has 2 aromatic carbocycles. The molecule has 2 nitrogen and oxygen atoms in total. The number of rotatable bonds is 1. The highest BCUT2D eigenvalue weighted by molar-refractivity contribution is 5.85. The standard InChI is InChI=1S/C13H10N2.ClH/c1-2-6-11(7-3-1)15-10-14-12-8-4-5-9-13(12)15;/h1-10H;1H. The lowest BCUT2D eigenvalue weighted by Crippen LogP contribution is -1.90. The Bertz CT molecular complexity index is 587. The Morgan fingerprint density at radius 3 is 2.31 bits per heavy atom. The Kier molecular flexibility index (Phi) is 2.93. The van der Waals surface area contributed by atoms with Gasteiger partial charge in [-0.1, -0.05) is 30.3 Å². The van der Waals surface area contributed by atoms with Gasteiger partial charge in [-0.2, -0.15) is 0 Å². The van der Waals surface area contributed by atoms with Crippen molar-refractivity contribution in [2.75, 3.05) is 0 Å². The van der Waals surface area contributed by atoms with E-state index in [1.54, 1.807) is 0 Å². The van der Waals surface area contributed by atoms with Gasteiger partial charge in [0.15, 0.2) is 0 Å². The number of hydrogen-bond donors (Lipinski definition) is 0. The maximum atomic E-state index is 4.36. The zero-order valence-electron chi connectivity index (χ0n) is 8.58. The van der Waals surface area contributed by atoms with Crippen LogP contribution in [-0.4, -0.2) is 9.55 Å². The van der Waals surface area contributed by atoms with E-state index in [4.69, 9.17) is 0 Å². The summed E-state index contributed by atoms with van der Waals surface area (Å²) in [4.78, 5) is 4.36. The SMILES string of the molecule is Cl.c1ccc(-n2cnc3ccccc32)cc1. The average Bonchev–Trinajstić information content (AvgIpc) is 2.74. The van der Waals surface area contributed by atoms with Gasteiger partial charge in [-0.3, -0.25) is 4.57 Å². The summed E-state index contributed by atoms with van der Waals surface area (Å²) in [5.41, 5.74) is 3.32. The van der Waals surface area contributed by atoms with E-state index in [2.05, 4.69) is 27.8 Å². The second-order valence-corrected chi connectivity index (χ2v) is 3.44. The summed E-state index contributed by atoms with van der Waals surface area (Å²) in [5.74, 6) is 0. The molecule has 0 radical (unpaired) electrons. The fourth-order valence-corrected chi connectivity index (χ4v) is 1.75. The van der Waals surface area contributed by atoms with Crippen LogP contribution in [0.1, 0.15) is 0 Å². The Labute approximate surface area is 100.0 Å². The lowest BCUT2D eigenvalue weighted by Gasteiger charge is -2.02. The fraction of sp³-hybridized carbons (Fsp3) is 0. The number of aromatic nitrogens is 2. The molecule has 80 valence electrons. The van der Waals surface area contributed by atoms with E-state index in [1.807, 2.05) is 42.7 Å². The molecule has 0 unspecified atom stereocenters. The van der Waals surface area contributed by atoms with E-state index in [0.717, 1.165) is 16.7 Å².